The van der Waals surface area contributed by atoms with Gasteiger partial charge in [-0.1, -0.05) is 167 Å². The van der Waals surface area contributed by atoms with Crippen LogP contribution >= 0.6 is 0 Å². The summed E-state index contributed by atoms with van der Waals surface area (Å²) in [7, 11) is 0. The summed E-state index contributed by atoms with van der Waals surface area (Å²) in [5.74, 6) is 0. The third-order valence-electron chi connectivity index (χ3n) is 12.5. The first-order valence-electron chi connectivity index (χ1n) is 21.4. The van der Waals surface area contributed by atoms with Crippen molar-refractivity contribution < 1.29 is 0 Å². The third kappa shape index (κ3) is 7.38. The quantitative estimate of drug-likeness (QED) is 0.162. The Bertz CT molecular complexity index is 2140. The van der Waals surface area contributed by atoms with Crippen LogP contribution < -0.4 is 26.2 Å². The molecule has 2 nitrogen and oxygen atoms in total. The van der Waals surface area contributed by atoms with Gasteiger partial charge in [0.25, 0.3) is 6.71 Å². The normalized spacial score (nSPS) is 14.7. The van der Waals surface area contributed by atoms with E-state index in [-0.39, 0.29) is 39.2 Å². The van der Waals surface area contributed by atoms with Crippen molar-refractivity contribution in [3.63, 3.8) is 0 Å². The molecule has 0 aromatic heterocycles. The highest BCUT2D eigenvalue weighted by molar-refractivity contribution is 7.00. The summed E-state index contributed by atoms with van der Waals surface area (Å²) in [6.07, 6.45) is 0. The molecule has 0 saturated heterocycles. The molecule has 0 aliphatic carbocycles. The van der Waals surface area contributed by atoms with E-state index in [1.54, 1.807) is 0 Å². The zero-order valence-electron chi connectivity index (χ0n) is 38.6. The van der Waals surface area contributed by atoms with Crippen LogP contribution in [-0.4, -0.2) is 6.71 Å². The Morgan fingerprint density at radius 1 is 0.316 bits per heavy atom. The summed E-state index contributed by atoms with van der Waals surface area (Å²) in [6, 6.07) is 36.6. The summed E-state index contributed by atoms with van der Waals surface area (Å²) in [4.78, 5) is 5.23. The average Bonchev–Trinajstić information content (AvgIpc) is 3.08. The highest BCUT2D eigenvalue weighted by atomic mass is 15.2. The smallest absolute Gasteiger partial charge is 0.252 e. The van der Waals surface area contributed by atoms with Gasteiger partial charge in [-0.05, 0) is 131 Å². The van der Waals surface area contributed by atoms with Gasteiger partial charge in [-0.25, -0.2) is 0 Å². The minimum Gasteiger partial charge on any atom is -0.311 e. The zero-order chi connectivity index (χ0) is 42.0. The average molecular weight is 757 g/mol. The number of nitrogens with zero attached hydrogens (tertiary/aromatic N) is 2. The minimum atomic E-state index is -0.0101. The van der Waals surface area contributed by atoms with E-state index < -0.39 is 0 Å². The van der Waals surface area contributed by atoms with Crippen LogP contribution in [0.15, 0.2) is 91.0 Å². The van der Waals surface area contributed by atoms with E-state index in [0.29, 0.717) is 0 Å². The number of hydrogen-bond donors (Lipinski definition) is 0. The summed E-state index contributed by atoms with van der Waals surface area (Å²) in [5.41, 5.74) is 19.8. The molecular formula is C54H69BN2. The highest BCUT2D eigenvalue weighted by Gasteiger charge is 2.44. The lowest BCUT2D eigenvalue weighted by Crippen LogP contribution is -2.61. The van der Waals surface area contributed by atoms with E-state index in [0.717, 1.165) is 0 Å². The first kappa shape index (κ1) is 40.9. The van der Waals surface area contributed by atoms with Crippen LogP contribution in [0.25, 0.3) is 0 Å². The van der Waals surface area contributed by atoms with E-state index in [1.165, 1.54) is 83.9 Å². The van der Waals surface area contributed by atoms with Gasteiger partial charge in [-0.3, -0.25) is 0 Å². The molecule has 0 fully saturated rings. The zero-order valence-corrected chi connectivity index (χ0v) is 38.6. The van der Waals surface area contributed by atoms with Crippen molar-refractivity contribution in [2.75, 3.05) is 9.80 Å². The Morgan fingerprint density at radius 3 is 0.895 bits per heavy atom. The first-order valence-corrected chi connectivity index (χ1v) is 21.4. The molecule has 298 valence electrons. The summed E-state index contributed by atoms with van der Waals surface area (Å²) in [5, 5.41) is 0. The summed E-state index contributed by atoms with van der Waals surface area (Å²) >= 11 is 0. The molecule has 2 aliphatic rings. The predicted molar refractivity (Wildman–Crippen MR) is 253 cm³/mol. The van der Waals surface area contributed by atoms with Crippen LogP contribution in [0.1, 0.15) is 158 Å². The van der Waals surface area contributed by atoms with Crippen molar-refractivity contribution in [1.29, 1.82) is 0 Å². The lowest BCUT2D eigenvalue weighted by molar-refractivity contribution is 0.568. The molecule has 0 atom stereocenters. The van der Waals surface area contributed by atoms with Crippen LogP contribution in [-0.2, 0) is 32.5 Å². The second-order valence-corrected chi connectivity index (χ2v) is 23.4. The van der Waals surface area contributed by atoms with Gasteiger partial charge in [0, 0.05) is 34.1 Å². The summed E-state index contributed by atoms with van der Waals surface area (Å²) < 4.78 is 0. The van der Waals surface area contributed by atoms with Crippen LogP contribution in [0.2, 0.25) is 0 Å². The highest BCUT2D eigenvalue weighted by Crippen LogP contribution is 2.48. The van der Waals surface area contributed by atoms with E-state index in [2.05, 4.69) is 225 Å². The maximum absolute atomic E-state index is 2.61. The molecule has 7 rings (SSSR count). The van der Waals surface area contributed by atoms with Gasteiger partial charge < -0.3 is 9.80 Å². The molecule has 2 heterocycles. The topological polar surface area (TPSA) is 6.48 Å². The van der Waals surface area contributed by atoms with Crippen molar-refractivity contribution in [2.45, 2.75) is 157 Å². The molecule has 0 N–H and O–H groups in total. The fraction of sp³-hybridized carbons (Fsp3) is 0.444. The number of rotatable bonds is 2. The van der Waals surface area contributed by atoms with Crippen molar-refractivity contribution >= 4 is 57.2 Å². The fourth-order valence-electron chi connectivity index (χ4n) is 8.63. The summed E-state index contributed by atoms with van der Waals surface area (Å²) in [6.45, 7) is 42.3. The Hall–Kier alpha value is -4.24. The first-order chi connectivity index (χ1) is 26.0. The van der Waals surface area contributed by atoms with Crippen LogP contribution in [0.4, 0.5) is 34.1 Å². The molecule has 3 heteroatoms. The molecule has 0 unspecified atom stereocenters. The molecule has 0 bridgehead atoms. The van der Waals surface area contributed by atoms with E-state index >= 15 is 0 Å². The monoisotopic (exact) mass is 757 g/mol. The van der Waals surface area contributed by atoms with Crippen molar-refractivity contribution in [3.05, 3.63) is 124 Å². The number of benzene rings is 5. The Balaban J connectivity index is 1.62. The second-order valence-electron chi connectivity index (χ2n) is 23.4. The third-order valence-corrected chi connectivity index (χ3v) is 12.5. The molecule has 0 radical (unpaired) electrons. The Labute approximate surface area is 347 Å². The Kier molecular flexibility index (Phi) is 9.44. The molecular weight excluding hydrogens is 687 g/mol. The largest absolute Gasteiger partial charge is 0.311 e. The van der Waals surface area contributed by atoms with E-state index in [1.807, 2.05) is 0 Å². The van der Waals surface area contributed by atoms with Gasteiger partial charge in [-0.2, -0.15) is 0 Å². The standard InChI is InChI=1S/C54H69BN2/c1-49(2,3)34-22-24-42-46(32-34)56(40-28-36(51(7,8)9)26-37(29-40)52(10,11)12)44-20-19-21-45-48(44)55(42)43-25-23-35(50(4,5)6)33-47(43)57(45)41-30-38(53(13,14)15)27-39(31-41)54(16,17)18/h19-33H,1-18H3. The fourth-order valence-corrected chi connectivity index (χ4v) is 8.63. The van der Waals surface area contributed by atoms with Crippen molar-refractivity contribution in [2.24, 2.45) is 0 Å². The van der Waals surface area contributed by atoms with Gasteiger partial charge in [0.05, 0.1) is 0 Å². The van der Waals surface area contributed by atoms with Gasteiger partial charge >= 0.3 is 0 Å². The minimum absolute atomic E-state index is 0.00162. The lowest BCUT2D eigenvalue weighted by Gasteiger charge is -2.45. The molecule has 0 spiro atoms. The maximum Gasteiger partial charge on any atom is 0.252 e. The van der Waals surface area contributed by atoms with Crippen molar-refractivity contribution in [1.82, 2.24) is 0 Å². The van der Waals surface area contributed by atoms with Gasteiger partial charge in [0.2, 0.25) is 0 Å². The SMILES string of the molecule is CC(C)(C)c1cc(N2c3cc(C(C)(C)C)ccc3B3c4ccc(C(C)(C)C)cc4N(c4cc(C(C)(C)C)cc(C(C)(C)C)c4)c4cccc2c43)cc(C(C)(C)C)c1. The van der Waals surface area contributed by atoms with Crippen LogP contribution in [0, 0.1) is 0 Å². The Morgan fingerprint density at radius 2 is 0.614 bits per heavy atom. The predicted octanol–water partition coefficient (Wildman–Crippen LogP) is 13.6. The molecule has 5 aromatic rings. The number of anilines is 6. The second kappa shape index (κ2) is 13.1. The van der Waals surface area contributed by atoms with Gasteiger partial charge in [0.1, 0.15) is 0 Å². The molecule has 0 amide bonds. The lowest BCUT2D eigenvalue weighted by atomic mass is 9.33. The maximum atomic E-state index is 2.61. The van der Waals surface area contributed by atoms with Crippen molar-refractivity contribution in [3.8, 4) is 0 Å². The molecule has 5 aromatic carbocycles. The van der Waals surface area contributed by atoms with Gasteiger partial charge in [0.15, 0.2) is 0 Å². The van der Waals surface area contributed by atoms with Crippen LogP contribution in [0.3, 0.4) is 0 Å². The van der Waals surface area contributed by atoms with Crippen LogP contribution in [0.5, 0.6) is 0 Å². The molecule has 2 aliphatic heterocycles. The van der Waals surface area contributed by atoms with E-state index in [9.17, 15) is 0 Å². The van der Waals surface area contributed by atoms with E-state index in [4.69, 9.17) is 0 Å². The molecule has 0 saturated carbocycles. The molecule has 57 heavy (non-hydrogen) atoms. The number of fused-ring (bicyclic) bond motifs is 4. The number of hydrogen-bond acceptors (Lipinski definition) is 2. The van der Waals surface area contributed by atoms with Gasteiger partial charge in [-0.15, -0.1) is 0 Å².